The van der Waals surface area contributed by atoms with Crippen molar-refractivity contribution in [3.63, 3.8) is 0 Å². The van der Waals surface area contributed by atoms with Crippen LogP contribution < -0.4 is 0 Å². The molecule has 0 fully saturated rings. The number of tetrazole rings is 1. The molecule has 0 aliphatic heterocycles. The summed E-state index contributed by atoms with van der Waals surface area (Å²) in [6, 6.07) is 7.44. The minimum Gasteiger partial charge on any atom is -0.207 e. The Bertz CT molecular complexity index is 498. The molecule has 0 N–H and O–H groups in total. The Kier molecular flexibility index (Phi) is 1.91. The molecule has 0 bridgehead atoms. The normalized spacial score (nSPS) is 9.71. The van der Waals surface area contributed by atoms with E-state index in [1.54, 1.807) is 12.1 Å². The van der Waals surface area contributed by atoms with E-state index in [2.05, 4.69) is 15.4 Å². The third-order valence-electron chi connectivity index (χ3n) is 1.55. The monoisotopic (exact) mass is 189 g/mol. The van der Waals surface area contributed by atoms with Crippen molar-refractivity contribution in [3.05, 3.63) is 35.9 Å². The molecule has 1 heterocycles. The molecule has 14 heavy (non-hydrogen) atoms. The second kappa shape index (κ2) is 3.22. The Hall–Kier alpha value is -2.29. The van der Waals surface area contributed by atoms with Crippen molar-refractivity contribution in [1.29, 1.82) is 5.26 Å². The predicted octanol–water partition coefficient (Wildman–Crippen LogP) is 0.673. The smallest absolute Gasteiger partial charge is 0.207 e. The van der Waals surface area contributed by atoms with Gasteiger partial charge < -0.3 is 0 Å². The molecule has 0 radical (unpaired) electrons. The number of hydrogen-bond donors (Lipinski definition) is 0. The van der Waals surface area contributed by atoms with Crippen LogP contribution in [0.2, 0.25) is 0 Å². The van der Waals surface area contributed by atoms with Gasteiger partial charge in [-0.2, -0.15) is 5.26 Å². The SMILES string of the molecule is N#Cc1nnn(-c2cccc(F)c2)n1. The topological polar surface area (TPSA) is 67.4 Å². The van der Waals surface area contributed by atoms with Gasteiger partial charge in [-0.15, -0.1) is 9.90 Å². The summed E-state index contributed by atoms with van der Waals surface area (Å²) in [4.78, 5) is 1.10. The number of halogens is 1. The Morgan fingerprint density at radius 1 is 1.43 bits per heavy atom. The van der Waals surface area contributed by atoms with E-state index < -0.39 is 5.82 Å². The molecule has 5 nitrogen and oxygen atoms in total. The lowest BCUT2D eigenvalue weighted by atomic mass is 10.3. The molecule has 0 atom stereocenters. The Morgan fingerprint density at radius 3 is 2.93 bits per heavy atom. The molecule has 1 aromatic heterocycles. The average molecular weight is 189 g/mol. The third-order valence-corrected chi connectivity index (χ3v) is 1.55. The highest BCUT2D eigenvalue weighted by Gasteiger charge is 2.03. The van der Waals surface area contributed by atoms with Gasteiger partial charge in [0.1, 0.15) is 11.9 Å². The van der Waals surface area contributed by atoms with E-state index >= 15 is 0 Å². The van der Waals surface area contributed by atoms with Crippen LogP contribution in [0.1, 0.15) is 5.82 Å². The summed E-state index contributed by atoms with van der Waals surface area (Å²) in [7, 11) is 0. The van der Waals surface area contributed by atoms with Crippen molar-refractivity contribution >= 4 is 0 Å². The van der Waals surface area contributed by atoms with Gasteiger partial charge in [-0.25, -0.2) is 4.39 Å². The molecule has 0 saturated carbocycles. The highest BCUT2D eigenvalue weighted by Crippen LogP contribution is 2.06. The fourth-order valence-corrected chi connectivity index (χ4v) is 0.969. The first kappa shape index (κ1) is 8.31. The Labute approximate surface area is 78.4 Å². The second-order valence-electron chi connectivity index (χ2n) is 2.49. The molecule has 68 valence electrons. The van der Waals surface area contributed by atoms with Crippen molar-refractivity contribution in [3.8, 4) is 11.8 Å². The maximum absolute atomic E-state index is 12.8. The molecule has 1 aromatic carbocycles. The molecular weight excluding hydrogens is 185 g/mol. The van der Waals surface area contributed by atoms with Gasteiger partial charge in [-0.1, -0.05) is 11.2 Å². The number of benzene rings is 1. The molecule has 0 unspecified atom stereocenters. The van der Waals surface area contributed by atoms with Crippen molar-refractivity contribution in [2.24, 2.45) is 0 Å². The van der Waals surface area contributed by atoms with E-state index in [1.807, 2.05) is 0 Å². The van der Waals surface area contributed by atoms with Crippen LogP contribution >= 0.6 is 0 Å². The molecule has 0 aliphatic carbocycles. The number of nitrogens with zero attached hydrogens (tertiary/aromatic N) is 5. The first-order valence-electron chi connectivity index (χ1n) is 3.75. The number of rotatable bonds is 1. The molecule has 2 rings (SSSR count). The van der Waals surface area contributed by atoms with Crippen LogP contribution in [0.4, 0.5) is 4.39 Å². The molecule has 6 heteroatoms. The molecular formula is C8H4FN5. The average Bonchev–Trinajstić information content (AvgIpc) is 2.66. The summed E-state index contributed by atoms with van der Waals surface area (Å²) in [5.74, 6) is -0.437. The fraction of sp³-hybridized carbons (Fsp3) is 0. The second-order valence-corrected chi connectivity index (χ2v) is 2.49. The zero-order valence-corrected chi connectivity index (χ0v) is 6.92. The van der Waals surface area contributed by atoms with Crippen LogP contribution in [0.15, 0.2) is 24.3 Å². The van der Waals surface area contributed by atoms with Gasteiger partial charge in [0.15, 0.2) is 0 Å². The lowest BCUT2D eigenvalue weighted by molar-refractivity contribution is 0.621. The van der Waals surface area contributed by atoms with Crippen LogP contribution in [0.3, 0.4) is 0 Å². The molecule has 0 spiro atoms. The van der Waals surface area contributed by atoms with Crippen LogP contribution in [0.5, 0.6) is 0 Å². The minimum atomic E-state index is -0.390. The van der Waals surface area contributed by atoms with E-state index in [0.717, 1.165) is 4.80 Å². The zero-order chi connectivity index (χ0) is 9.97. The van der Waals surface area contributed by atoms with Crippen molar-refractivity contribution < 1.29 is 4.39 Å². The number of nitriles is 1. The summed E-state index contributed by atoms with van der Waals surface area (Å²) >= 11 is 0. The highest BCUT2D eigenvalue weighted by molar-refractivity contribution is 5.29. The highest BCUT2D eigenvalue weighted by atomic mass is 19.1. The maximum Gasteiger partial charge on any atom is 0.274 e. The van der Waals surface area contributed by atoms with Crippen molar-refractivity contribution in [2.75, 3.05) is 0 Å². The lowest BCUT2D eigenvalue weighted by Gasteiger charge is -1.96. The van der Waals surface area contributed by atoms with Gasteiger partial charge in [0.05, 0.1) is 5.69 Å². The van der Waals surface area contributed by atoms with E-state index in [-0.39, 0.29) is 5.82 Å². The van der Waals surface area contributed by atoms with Crippen LogP contribution in [-0.2, 0) is 0 Å². The first-order chi connectivity index (χ1) is 6.79. The largest absolute Gasteiger partial charge is 0.274 e. The van der Waals surface area contributed by atoms with Gasteiger partial charge in [0, 0.05) is 6.07 Å². The summed E-state index contributed by atoms with van der Waals surface area (Å²) in [6.45, 7) is 0. The zero-order valence-electron chi connectivity index (χ0n) is 6.92. The third kappa shape index (κ3) is 1.43. The summed E-state index contributed by atoms with van der Waals surface area (Å²) in [5.41, 5.74) is 0.430. The predicted molar refractivity (Wildman–Crippen MR) is 43.8 cm³/mol. The van der Waals surface area contributed by atoms with Gasteiger partial charge in [-0.05, 0) is 17.3 Å². The Morgan fingerprint density at radius 2 is 2.29 bits per heavy atom. The summed E-state index contributed by atoms with van der Waals surface area (Å²) < 4.78 is 12.8. The summed E-state index contributed by atoms with van der Waals surface area (Å²) in [6.07, 6.45) is 0. The quantitative estimate of drug-likeness (QED) is 0.661. The molecule has 0 amide bonds. The molecule has 0 aliphatic rings. The van der Waals surface area contributed by atoms with Gasteiger partial charge in [0.2, 0.25) is 0 Å². The molecule has 2 aromatic rings. The minimum absolute atomic E-state index is 0.0470. The van der Waals surface area contributed by atoms with Crippen LogP contribution in [0.25, 0.3) is 5.69 Å². The van der Waals surface area contributed by atoms with Crippen LogP contribution in [-0.4, -0.2) is 20.2 Å². The first-order valence-corrected chi connectivity index (χ1v) is 3.75. The summed E-state index contributed by atoms with van der Waals surface area (Å²) in [5, 5.41) is 19.2. The van der Waals surface area contributed by atoms with E-state index in [0.29, 0.717) is 5.69 Å². The molecule has 0 saturated heterocycles. The number of hydrogen-bond acceptors (Lipinski definition) is 4. The standard InChI is InChI=1S/C8H4FN5/c9-6-2-1-3-7(4-6)14-12-8(5-10)11-13-14/h1-4H. The van der Waals surface area contributed by atoms with Gasteiger partial charge in [-0.3, -0.25) is 0 Å². The lowest BCUT2D eigenvalue weighted by Crippen LogP contribution is -1.99. The number of aromatic nitrogens is 4. The van der Waals surface area contributed by atoms with Gasteiger partial charge >= 0.3 is 0 Å². The van der Waals surface area contributed by atoms with Crippen molar-refractivity contribution in [2.45, 2.75) is 0 Å². The van der Waals surface area contributed by atoms with E-state index in [9.17, 15) is 4.39 Å². The van der Waals surface area contributed by atoms with Crippen molar-refractivity contribution in [1.82, 2.24) is 20.2 Å². The van der Waals surface area contributed by atoms with E-state index in [4.69, 9.17) is 5.26 Å². The van der Waals surface area contributed by atoms with Gasteiger partial charge in [0.25, 0.3) is 5.82 Å². The van der Waals surface area contributed by atoms with Crippen LogP contribution in [0, 0.1) is 17.1 Å². The Balaban J connectivity index is 2.45. The van der Waals surface area contributed by atoms with E-state index in [1.165, 1.54) is 18.2 Å². The fourth-order valence-electron chi connectivity index (χ4n) is 0.969. The maximum atomic E-state index is 12.8.